The molecule has 0 radical (unpaired) electrons. The van der Waals surface area contributed by atoms with Crippen molar-refractivity contribution in [2.45, 2.75) is 97.9 Å². The molecule has 2 fully saturated rings. The number of hydrogen-bond acceptors (Lipinski definition) is 10. The van der Waals surface area contributed by atoms with Crippen LogP contribution in [0, 0.1) is 34.0 Å². The van der Waals surface area contributed by atoms with E-state index in [4.69, 9.17) is 21.4 Å². The van der Waals surface area contributed by atoms with Gasteiger partial charge in [-0.25, -0.2) is 18.7 Å². The van der Waals surface area contributed by atoms with Crippen molar-refractivity contribution >= 4 is 34.9 Å². The molecule has 3 aliphatic heterocycles. The fraction of sp³-hybridized carbons (Fsp3) is 0.460. The highest BCUT2D eigenvalue weighted by molar-refractivity contribution is 6.31. The van der Waals surface area contributed by atoms with Crippen molar-refractivity contribution in [3.05, 3.63) is 99.5 Å². The summed E-state index contributed by atoms with van der Waals surface area (Å²) in [6.45, 7) is 13.6. The number of aryl methyl sites for hydroxylation is 2. The van der Waals surface area contributed by atoms with Gasteiger partial charge in [0.2, 0.25) is 11.7 Å². The summed E-state index contributed by atoms with van der Waals surface area (Å²) in [4.78, 5) is 41.1. The maximum absolute atomic E-state index is 14.7. The monoisotopic (exact) mass is 929 g/mol. The lowest BCUT2D eigenvalue weighted by molar-refractivity contribution is -0.164. The molecule has 17 heteroatoms. The van der Waals surface area contributed by atoms with E-state index in [9.17, 15) is 23.6 Å². The predicted octanol–water partition coefficient (Wildman–Crippen LogP) is 7.83. The van der Waals surface area contributed by atoms with E-state index in [0.717, 1.165) is 67.1 Å². The summed E-state index contributed by atoms with van der Waals surface area (Å²) in [5.41, 5.74) is 4.82. The Morgan fingerprint density at radius 2 is 1.76 bits per heavy atom. The van der Waals surface area contributed by atoms with Gasteiger partial charge in [-0.05, 0) is 67.0 Å². The summed E-state index contributed by atoms with van der Waals surface area (Å²) in [6.07, 6.45) is 7.43. The first-order valence-corrected chi connectivity index (χ1v) is 23.2. The molecule has 348 valence electrons. The third kappa shape index (κ3) is 8.73. The number of likely N-dealkylation sites (tertiary alicyclic amines) is 1. The van der Waals surface area contributed by atoms with Gasteiger partial charge in [-0.3, -0.25) is 23.9 Å². The molecular weight excluding hydrogens is 876 g/mol. The number of nitriles is 1. The zero-order valence-corrected chi connectivity index (χ0v) is 39.4. The molecule has 2 amide bonds. The van der Waals surface area contributed by atoms with Gasteiger partial charge in [-0.2, -0.15) is 15.5 Å². The number of ether oxygens (including phenoxy) is 1. The van der Waals surface area contributed by atoms with Crippen LogP contribution in [0.4, 0.5) is 20.3 Å². The zero-order valence-electron chi connectivity index (χ0n) is 38.6. The molecule has 0 spiro atoms. The van der Waals surface area contributed by atoms with Crippen molar-refractivity contribution in [2.75, 3.05) is 37.6 Å². The maximum Gasteiger partial charge on any atom is 0.264 e. The highest BCUT2D eigenvalue weighted by Crippen LogP contribution is 2.56. The topological polar surface area (TPSA) is 150 Å². The molecule has 1 N–H and O–H groups in total. The minimum absolute atomic E-state index is 0.00226. The lowest BCUT2D eigenvalue weighted by Crippen LogP contribution is -2.74. The molecule has 4 aliphatic rings. The number of aromatic nitrogens is 6. The summed E-state index contributed by atoms with van der Waals surface area (Å²) in [7, 11) is 1.78. The largest absolute Gasteiger partial charge is 0.489 e. The molecule has 0 unspecified atom stereocenters. The van der Waals surface area contributed by atoms with Gasteiger partial charge in [0.05, 0.1) is 41.5 Å². The van der Waals surface area contributed by atoms with Gasteiger partial charge in [0.25, 0.3) is 12.3 Å². The van der Waals surface area contributed by atoms with Crippen LogP contribution in [0.2, 0.25) is 5.02 Å². The Hall–Kier alpha value is -6.36. The van der Waals surface area contributed by atoms with Crippen molar-refractivity contribution in [1.29, 1.82) is 5.26 Å². The third-order valence-corrected chi connectivity index (χ3v) is 14.4. The number of nitrogens with one attached hydrogen (secondary N) is 1. The Morgan fingerprint density at radius 3 is 2.42 bits per heavy atom. The van der Waals surface area contributed by atoms with Crippen LogP contribution in [0.25, 0.3) is 11.1 Å². The SMILES string of the molecule is CC(=O)N1CCc2c(c(N3CCCc4cc(-c5cnn(C)c5)c(C(F)F)cc43)nn2C2CCN(CC#Cc3ncc(C(=O)NC4C(C)(C)C(Oc5ccc(C#N)c(Cl)c5)C4(C)C)cn3)CC2)C1. The Kier molecular flexibility index (Phi) is 12.3. The molecule has 9 rings (SSSR count). The highest BCUT2D eigenvalue weighted by Gasteiger charge is 2.64. The number of fused-ring (bicyclic) bond motifs is 2. The first kappa shape index (κ1) is 45.8. The van der Waals surface area contributed by atoms with Crippen LogP contribution in [0.5, 0.6) is 5.75 Å². The van der Waals surface area contributed by atoms with E-state index in [1.54, 1.807) is 55.3 Å². The minimum atomic E-state index is -2.68. The first-order valence-electron chi connectivity index (χ1n) is 22.8. The van der Waals surface area contributed by atoms with E-state index >= 15 is 0 Å². The molecule has 0 bridgehead atoms. The van der Waals surface area contributed by atoms with Gasteiger partial charge in [0, 0.05) is 116 Å². The summed E-state index contributed by atoms with van der Waals surface area (Å²) in [5.74, 6) is 7.63. The Balaban J connectivity index is 0.840. The molecule has 1 saturated heterocycles. The van der Waals surface area contributed by atoms with E-state index < -0.39 is 17.3 Å². The third-order valence-electron chi connectivity index (χ3n) is 14.1. The average molecular weight is 931 g/mol. The van der Waals surface area contributed by atoms with E-state index in [-0.39, 0.29) is 35.6 Å². The number of hydrogen-bond donors (Lipinski definition) is 1. The van der Waals surface area contributed by atoms with Crippen LogP contribution in [-0.4, -0.2) is 96.0 Å². The van der Waals surface area contributed by atoms with Gasteiger partial charge in [0.15, 0.2) is 5.82 Å². The van der Waals surface area contributed by atoms with E-state index in [0.29, 0.717) is 71.5 Å². The van der Waals surface area contributed by atoms with Crippen LogP contribution in [0.3, 0.4) is 0 Å². The summed E-state index contributed by atoms with van der Waals surface area (Å²) in [5, 5.41) is 22.3. The van der Waals surface area contributed by atoms with Crippen LogP contribution in [0.1, 0.15) is 110 Å². The molecule has 6 heterocycles. The van der Waals surface area contributed by atoms with Crippen molar-refractivity contribution in [2.24, 2.45) is 17.9 Å². The number of nitrogens with zero attached hydrogens (tertiary/aromatic N) is 10. The first-order chi connectivity index (χ1) is 32.0. The summed E-state index contributed by atoms with van der Waals surface area (Å²) in [6, 6.07) is 10.5. The molecule has 0 atom stereocenters. The molecule has 67 heavy (non-hydrogen) atoms. The van der Waals surface area contributed by atoms with Crippen molar-refractivity contribution in [1.82, 2.24) is 44.6 Å². The molecular formula is C50H54ClF2N11O3. The van der Waals surface area contributed by atoms with Gasteiger partial charge in [0.1, 0.15) is 17.9 Å². The zero-order chi connectivity index (χ0) is 47.4. The molecule has 1 aliphatic carbocycles. The fourth-order valence-electron chi connectivity index (χ4n) is 10.9. The van der Waals surface area contributed by atoms with Crippen LogP contribution < -0.4 is 15.0 Å². The second-order valence-electron chi connectivity index (χ2n) is 19.3. The van der Waals surface area contributed by atoms with E-state index in [1.165, 1.54) is 12.4 Å². The summed E-state index contributed by atoms with van der Waals surface area (Å²) < 4.78 is 39.6. The van der Waals surface area contributed by atoms with Crippen molar-refractivity contribution in [3.8, 4) is 34.8 Å². The molecule has 5 aromatic rings. The normalized spacial score (nSPS) is 20.0. The Bertz CT molecular complexity index is 2810. The molecule has 1 saturated carbocycles. The predicted molar refractivity (Wildman–Crippen MR) is 249 cm³/mol. The molecule has 2 aromatic carbocycles. The Morgan fingerprint density at radius 1 is 1.01 bits per heavy atom. The second kappa shape index (κ2) is 18.0. The molecule has 3 aromatic heterocycles. The van der Waals surface area contributed by atoms with E-state index in [2.05, 4.69) is 52.8 Å². The lowest BCUT2D eigenvalue weighted by Gasteiger charge is -2.63. The molecule has 14 nitrogen and oxygen atoms in total. The maximum atomic E-state index is 14.7. The van der Waals surface area contributed by atoms with Gasteiger partial charge >= 0.3 is 0 Å². The van der Waals surface area contributed by atoms with Crippen LogP contribution in [0.15, 0.2) is 55.1 Å². The number of piperidine rings is 1. The van der Waals surface area contributed by atoms with Crippen molar-refractivity contribution < 1.29 is 23.1 Å². The van der Waals surface area contributed by atoms with Crippen molar-refractivity contribution in [3.63, 3.8) is 0 Å². The number of halogens is 3. The fourth-order valence-corrected chi connectivity index (χ4v) is 11.2. The highest BCUT2D eigenvalue weighted by atomic mass is 35.5. The number of carbonyl (C=O) groups excluding carboxylic acids is 2. The van der Waals surface area contributed by atoms with Gasteiger partial charge in [-0.1, -0.05) is 45.2 Å². The number of benzene rings is 2. The van der Waals surface area contributed by atoms with Gasteiger partial charge in [-0.15, -0.1) is 0 Å². The number of carbonyl (C=O) groups is 2. The smallest absolute Gasteiger partial charge is 0.264 e. The number of alkyl halides is 2. The number of anilines is 2. The number of amides is 2. The quantitative estimate of drug-likeness (QED) is 0.145. The average Bonchev–Trinajstić information content (AvgIpc) is 3.93. The standard InChI is InChI=1S/C50H54ClF2N11O3/c1-30(65)62-20-15-41-39(29-62)45(63-17-7-9-31-21-37(34-27-57-60(6)28-34)38(44(52)53)23-42(31)63)59-64(41)35-13-18-61(19-14-35)16-8-10-43-55-25-33(26-56-43)46(66)58-47-49(2,3)48(50(47,4)5)67-36-12-11-32(24-54)40(51)22-36/h11-12,21-23,25-28,35,44,47-48H,7,9,13-20,29H2,1-6H3,(H,58,66). The van der Waals surface area contributed by atoms with Crippen LogP contribution >= 0.6 is 11.6 Å². The Labute approximate surface area is 394 Å². The van der Waals surface area contributed by atoms with E-state index in [1.807, 2.05) is 38.7 Å². The second-order valence-corrected chi connectivity index (χ2v) is 19.7. The van der Waals surface area contributed by atoms with Gasteiger partial charge < -0.3 is 19.9 Å². The van der Waals surface area contributed by atoms with Crippen LogP contribution in [-0.2, 0) is 31.2 Å². The summed E-state index contributed by atoms with van der Waals surface area (Å²) >= 11 is 6.25. The lowest BCUT2D eigenvalue weighted by atomic mass is 9.49. The minimum Gasteiger partial charge on any atom is -0.489 e. The number of rotatable bonds is 9.